The average molecular weight is 340 g/mol. The number of rotatable bonds is 6. The highest BCUT2D eigenvalue weighted by Crippen LogP contribution is 2.23. The Hall–Kier alpha value is -3.02. The summed E-state index contributed by atoms with van der Waals surface area (Å²) in [5.41, 5.74) is 1.13. The van der Waals surface area contributed by atoms with Gasteiger partial charge in [-0.1, -0.05) is 12.1 Å². The molecule has 2 aromatic carbocycles. The lowest BCUT2D eigenvalue weighted by Crippen LogP contribution is -2.51. The fourth-order valence-electron chi connectivity index (χ4n) is 2.39. The van der Waals surface area contributed by atoms with E-state index in [-0.39, 0.29) is 24.1 Å². The van der Waals surface area contributed by atoms with E-state index in [9.17, 15) is 9.59 Å². The van der Waals surface area contributed by atoms with Gasteiger partial charge in [0.25, 0.3) is 5.91 Å². The Kier molecular flexibility index (Phi) is 4.88. The number of nitrogens with one attached hydrogen (secondary N) is 2. The van der Waals surface area contributed by atoms with Crippen LogP contribution in [0, 0.1) is 0 Å². The fraction of sp³-hybridized carbons (Fsp3) is 0.263. The fourth-order valence-corrected chi connectivity index (χ4v) is 2.39. The SMILES string of the molecule is CC(C)Oc1ccccc1C(=O)Nc1ccc(O[C@@H]2CC(=O)N2)cc1. The average Bonchev–Trinajstić information content (AvgIpc) is 2.55. The number of hydrogen-bond acceptors (Lipinski definition) is 4. The predicted octanol–water partition coefficient (Wildman–Crippen LogP) is 2.95. The van der Waals surface area contributed by atoms with Gasteiger partial charge in [-0.2, -0.15) is 0 Å². The van der Waals surface area contributed by atoms with Gasteiger partial charge in [-0.3, -0.25) is 9.59 Å². The molecule has 25 heavy (non-hydrogen) atoms. The zero-order valence-corrected chi connectivity index (χ0v) is 14.1. The molecule has 130 valence electrons. The van der Waals surface area contributed by atoms with Crippen LogP contribution < -0.4 is 20.1 Å². The van der Waals surface area contributed by atoms with Crippen molar-refractivity contribution in [3.8, 4) is 11.5 Å². The number of carbonyl (C=O) groups is 2. The first kappa shape index (κ1) is 16.8. The molecule has 0 unspecified atom stereocenters. The number of ether oxygens (including phenoxy) is 2. The van der Waals surface area contributed by atoms with Gasteiger partial charge in [-0.15, -0.1) is 0 Å². The molecule has 0 radical (unpaired) electrons. The molecule has 1 fully saturated rings. The minimum absolute atomic E-state index is 0.0163. The lowest BCUT2D eigenvalue weighted by atomic mass is 10.1. The molecular formula is C19H20N2O4. The monoisotopic (exact) mass is 340 g/mol. The summed E-state index contributed by atoms with van der Waals surface area (Å²) in [5.74, 6) is 0.926. The Bertz CT molecular complexity index is 763. The van der Waals surface area contributed by atoms with Crippen LogP contribution in [0.15, 0.2) is 48.5 Å². The minimum Gasteiger partial charge on any atom is -0.490 e. The van der Waals surface area contributed by atoms with Crippen molar-refractivity contribution in [3.63, 3.8) is 0 Å². The maximum absolute atomic E-state index is 12.5. The second-order valence-electron chi connectivity index (χ2n) is 6.02. The minimum atomic E-state index is -0.270. The number of carbonyl (C=O) groups excluding carboxylic acids is 2. The van der Waals surface area contributed by atoms with Gasteiger partial charge >= 0.3 is 0 Å². The summed E-state index contributed by atoms with van der Waals surface area (Å²) in [6.07, 6.45) is 0.0795. The molecule has 0 aromatic heterocycles. The molecule has 1 aliphatic rings. The quantitative estimate of drug-likeness (QED) is 0.793. The number of amides is 2. The highest BCUT2D eigenvalue weighted by atomic mass is 16.5. The molecule has 2 amide bonds. The topological polar surface area (TPSA) is 76.7 Å². The molecule has 1 heterocycles. The molecule has 3 rings (SSSR count). The Morgan fingerprint density at radius 1 is 1.16 bits per heavy atom. The largest absolute Gasteiger partial charge is 0.490 e. The van der Waals surface area contributed by atoms with E-state index in [1.807, 2.05) is 19.9 Å². The number of para-hydroxylation sites is 1. The van der Waals surface area contributed by atoms with Crippen molar-refractivity contribution >= 4 is 17.5 Å². The molecule has 2 aromatic rings. The van der Waals surface area contributed by atoms with Crippen molar-refractivity contribution in [1.82, 2.24) is 5.32 Å². The molecule has 0 saturated carbocycles. The number of benzene rings is 2. The Balaban J connectivity index is 1.64. The van der Waals surface area contributed by atoms with Crippen LogP contribution in [-0.2, 0) is 4.79 Å². The van der Waals surface area contributed by atoms with Crippen molar-refractivity contribution in [3.05, 3.63) is 54.1 Å². The predicted molar refractivity (Wildman–Crippen MR) is 93.8 cm³/mol. The van der Waals surface area contributed by atoms with Crippen LogP contribution in [-0.4, -0.2) is 24.1 Å². The Morgan fingerprint density at radius 3 is 2.48 bits per heavy atom. The van der Waals surface area contributed by atoms with Crippen LogP contribution in [0.1, 0.15) is 30.6 Å². The van der Waals surface area contributed by atoms with E-state index in [1.54, 1.807) is 42.5 Å². The maximum atomic E-state index is 12.5. The zero-order valence-electron chi connectivity index (χ0n) is 14.1. The summed E-state index contributed by atoms with van der Waals surface area (Å²) in [7, 11) is 0. The number of hydrogen-bond donors (Lipinski definition) is 2. The molecular weight excluding hydrogens is 320 g/mol. The molecule has 0 spiro atoms. The summed E-state index contributed by atoms with van der Waals surface area (Å²) in [6.45, 7) is 3.83. The number of β-lactam (4-membered cyclic amide) rings is 1. The standard InChI is InChI=1S/C19H20N2O4/c1-12(2)24-16-6-4-3-5-15(16)19(23)20-13-7-9-14(10-8-13)25-18-11-17(22)21-18/h3-10,12,18H,11H2,1-2H3,(H,20,23)(H,21,22)/t18-/m1/s1. The first-order valence-corrected chi connectivity index (χ1v) is 8.14. The molecule has 6 heteroatoms. The van der Waals surface area contributed by atoms with Crippen molar-refractivity contribution in [2.75, 3.05) is 5.32 Å². The number of anilines is 1. The van der Waals surface area contributed by atoms with Crippen LogP contribution in [0.5, 0.6) is 11.5 Å². The van der Waals surface area contributed by atoms with Gasteiger partial charge in [0.1, 0.15) is 11.5 Å². The third-order valence-electron chi connectivity index (χ3n) is 3.58. The maximum Gasteiger partial charge on any atom is 0.259 e. The van der Waals surface area contributed by atoms with E-state index in [4.69, 9.17) is 9.47 Å². The van der Waals surface area contributed by atoms with Crippen LogP contribution in [0.25, 0.3) is 0 Å². The second-order valence-corrected chi connectivity index (χ2v) is 6.02. The van der Waals surface area contributed by atoms with Gasteiger partial charge in [0.15, 0.2) is 6.23 Å². The van der Waals surface area contributed by atoms with Gasteiger partial charge in [0.2, 0.25) is 5.91 Å². The van der Waals surface area contributed by atoms with Crippen LogP contribution in [0.2, 0.25) is 0 Å². The second kappa shape index (κ2) is 7.25. The van der Waals surface area contributed by atoms with Crippen LogP contribution in [0.4, 0.5) is 5.69 Å². The van der Waals surface area contributed by atoms with Gasteiger partial charge in [0, 0.05) is 5.69 Å². The van der Waals surface area contributed by atoms with Crippen molar-refractivity contribution in [1.29, 1.82) is 0 Å². The molecule has 2 N–H and O–H groups in total. The Morgan fingerprint density at radius 2 is 1.84 bits per heavy atom. The van der Waals surface area contributed by atoms with E-state index in [0.29, 0.717) is 29.2 Å². The van der Waals surface area contributed by atoms with E-state index in [1.165, 1.54) is 0 Å². The molecule has 0 bridgehead atoms. The van der Waals surface area contributed by atoms with Gasteiger partial charge < -0.3 is 20.1 Å². The summed E-state index contributed by atoms with van der Waals surface area (Å²) in [6, 6.07) is 14.1. The molecule has 1 saturated heterocycles. The van der Waals surface area contributed by atoms with Crippen molar-refractivity contribution < 1.29 is 19.1 Å². The summed E-state index contributed by atoms with van der Waals surface area (Å²) < 4.78 is 11.2. The van der Waals surface area contributed by atoms with E-state index in [0.717, 1.165) is 0 Å². The summed E-state index contributed by atoms with van der Waals surface area (Å²) in [4.78, 5) is 23.4. The highest BCUT2D eigenvalue weighted by molar-refractivity contribution is 6.06. The summed E-state index contributed by atoms with van der Waals surface area (Å²) in [5, 5.41) is 5.48. The smallest absolute Gasteiger partial charge is 0.259 e. The van der Waals surface area contributed by atoms with Gasteiger partial charge in [0.05, 0.1) is 18.1 Å². The first-order chi connectivity index (χ1) is 12.0. The van der Waals surface area contributed by atoms with Crippen molar-refractivity contribution in [2.24, 2.45) is 0 Å². The zero-order chi connectivity index (χ0) is 17.8. The molecule has 0 aliphatic carbocycles. The third kappa shape index (κ3) is 4.29. The van der Waals surface area contributed by atoms with Gasteiger partial charge in [-0.05, 0) is 50.2 Å². The lowest BCUT2D eigenvalue weighted by Gasteiger charge is -2.27. The highest BCUT2D eigenvalue weighted by Gasteiger charge is 2.26. The lowest BCUT2D eigenvalue weighted by molar-refractivity contribution is -0.134. The van der Waals surface area contributed by atoms with E-state index in [2.05, 4.69) is 10.6 Å². The van der Waals surface area contributed by atoms with Crippen molar-refractivity contribution in [2.45, 2.75) is 32.6 Å². The van der Waals surface area contributed by atoms with E-state index >= 15 is 0 Å². The summed E-state index contributed by atoms with van der Waals surface area (Å²) >= 11 is 0. The third-order valence-corrected chi connectivity index (χ3v) is 3.58. The van der Waals surface area contributed by atoms with Crippen LogP contribution >= 0.6 is 0 Å². The van der Waals surface area contributed by atoms with Crippen LogP contribution in [0.3, 0.4) is 0 Å². The normalized spacial score (nSPS) is 16.0. The van der Waals surface area contributed by atoms with E-state index < -0.39 is 0 Å². The first-order valence-electron chi connectivity index (χ1n) is 8.14. The Labute approximate surface area is 146 Å². The molecule has 1 atom stereocenters. The molecule has 6 nitrogen and oxygen atoms in total. The molecule has 1 aliphatic heterocycles. The van der Waals surface area contributed by atoms with Gasteiger partial charge in [-0.25, -0.2) is 0 Å².